The van der Waals surface area contributed by atoms with E-state index in [-0.39, 0.29) is 0 Å². The van der Waals surface area contributed by atoms with Crippen molar-refractivity contribution in [1.29, 1.82) is 0 Å². The topological polar surface area (TPSA) is 0 Å². The molecule has 0 amide bonds. The molecule has 3 fully saturated rings. The minimum absolute atomic E-state index is 0.524. The molecule has 2 aromatic carbocycles. The molecule has 0 radical (unpaired) electrons. The molecule has 132 valence electrons. The smallest absolute Gasteiger partial charge is 0.0103 e. The van der Waals surface area contributed by atoms with E-state index in [1.165, 1.54) is 29.6 Å². The Morgan fingerprint density at radius 3 is 1.92 bits per heavy atom. The van der Waals surface area contributed by atoms with Gasteiger partial charge < -0.3 is 0 Å². The molecule has 3 aliphatic carbocycles. The first kappa shape index (κ1) is 17.6. The minimum atomic E-state index is -1.65. The van der Waals surface area contributed by atoms with E-state index < -0.39 is 6.89 Å². The van der Waals surface area contributed by atoms with Crippen LogP contribution in [0.25, 0.3) is 0 Å². The molecular weight excluding hydrogens is 338 g/mol. The van der Waals surface area contributed by atoms with Gasteiger partial charge in [-0.25, -0.2) is 0 Å². The molecule has 3 aliphatic rings. The van der Waals surface area contributed by atoms with Crippen LogP contribution in [-0.2, 0) is 0 Å². The second kappa shape index (κ2) is 6.40. The summed E-state index contributed by atoms with van der Waals surface area (Å²) in [5.41, 5.74) is 1.24. The molecule has 0 heterocycles. The van der Waals surface area contributed by atoms with Crippen molar-refractivity contribution < 1.29 is 0 Å². The normalized spacial score (nSPS) is 30.5. The lowest BCUT2D eigenvalue weighted by Gasteiger charge is -2.64. The second-order valence-corrected chi connectivity index (χ2v) is 12.5. The summed E-state index contributed by atoms with van der Waals surface area (Å²) < 4.78 is 0. The molecule has 0 N–H and O–H groups in total. The van der Waals surface area contributed by atoms with Crippen molar-refractivity contribution in [3.05, 3.63) is 60.7 Å². The van der Waals surface area contributed by atoms with Gasteiger partial charge in [0.15, 0.2) is 0 Å². The van der Waals surface area contributed by atoms with Gasteiger partial charge in [0.25, 0.3) is 0 Å². The number of benzene rings is 2. The van der Waals surface area contributed by atoms with Crippen molar-refractivity contribution in [3.8, 4) is 0 Å². The van der Waals surface area contributed by atoms with Crippen LogP contribution in [0.3, 0.4) is 0 Å². The molecule has 1 unspecified atom stereocenters. The highest BCUT2D eigenvalue weighted by Crippen LogP contribution is 2.68. The van der Waals surface area contributed by atoms with Gasteiger partial charge >= 0.3 is 0 Å². The third-order valence-electron chi connectivity index (χ3n) is 7.36. The van der Waals surface area contributed by atoms with E-state index in [4.69, 9.17) is 6.30 Å². The third-order valence-corrected chi connectivity index (χ3v) is 12.1. The van der Waals surface area contributed by atoms with Crippen LogP contribution in [0.2, 0.25) is 0 Å². The van der Waals surface area contributed by atoms with Gasteiger partial charge in [-0.05, 0) is 58.4 Å². The zero-order valence-corrected chi connectivity index (χ0v) is 17.5. The quantitative estimate of drug-likeness (QED) is 0.665. The van der Waals surface area contributed by atoms with Crippen LogP contribution in [0.5, 0.6) is 0 Å². The van der Waals surface area contributed by atoms with E-state index in [1.807, 2.05) is 0 Å². The highest BCUT2D eigenvalue weighted by atomic mass is 31.2. The van der Waals surface area contributed by atoms with Crippen molar-refractivity contribution in [1.82, 2.24) is 0 Å². The number of fused-ring (bicyclic) bond motifs is 2. The van der Waals surface area contributed by atoms with Gasteiger partial charge in [0, 0.05) is 0 Å². The molecule has 2 aromatic rings. The predicted octanol–water partition coefficient (Wildman–Crippen LogP) is 5.01. The van der Waals surface area contributed by atoms with Crippen LogP contribution in [-0.4, -0.2) is 18.1 Å². The fourth-order valence-corrected chi connectivity index (χ4v) is 10.6. The molecule has 2 bridgehead atoms. The lowest BCUT2D eigenvalue weighted by Crippen LogP contribution is -2.58. The van der Waals surface area contributed by atoms with E-state index in [0.717, 1.165) is 17.8 Å². The summed E-state index contributed by atoms with van der Waals surface area (Å²) >= 11 is 0. The monoisotopic (exact) mass is 368 g/mol. The Bertz CT molecular complexity index is 735. The standard InChI is InChI=1S/C23H30P2/c1-23(2)17-14-21(23)20(16-24)22(15-17)25(3,18-10-6-4-7-11-18)19-12-8-5-9-13-19/h4-13,17,20-22H,3,14-16,24H2,1-2H3/t17-,20+,21+,22-/m1/s1. The van der Waals surface area contributed by atoms with Gasteiger partial charge in [-0.1, -0.05) is 87.7 Å². The fourth-order valence-electron chi connectivity index (χ4n) is 5.67. The maximum Gasteiger partial charge on any atom is -0.0103 e. The molecule has 3 saturated carbocycles. The van der Waals surface area contributed by atoms with Crippen LogP contribution in [0, 0.1) is 23.2 Å². The summed E-state index contributed by atoms with van der Waals surface area (Å²) in [5, 5.41) is 2.96. The zero-order chi connectivity index (χ0) is 17.7. The third kappa shape index (κ3) is 2.60. The Morgan fingerprint density at radius 2 is 1.48 bits per heavy atom. The maximum atomic E-state index is 5.04. The molecule has 5 rings (SSSR count). The van der Waals surface area contributed by atoms with Crippen LogP contribution < -0.4 is 10.6 Å². The molecule has 2 heteroatoms. The summed E-state index contributed by atoms with van der Waals surface area (Å²) in [6.07, 6.45) is 9.03. The Hall–Kier alpha value is -0.830. The van der Waals surface area contributed by atoms with Crippen molar-refractivity contribution in [2.75, 3.05) is 6.16 Å². The number of hydrogen-bond acceptors (Lipinski definition) is 0. The van der Waals surface area contributed by atoms with E-state index in [2.05, 4.69) is 83.8 Å². The van der Waals surface area contributed by atoms with Crippen LogP contribution in [0.4, 0.5) is 0 Å². The van der Waals surface area contributed by atoms with Crippen LogP contribution in [0.1, 0.15) is 26.7 Å². The summed E-state index contributed by atoms with van der Waals surface area (Å²) in [6, 6.07) is 22.4. The Morgan fingerprint density at radius 1 is 0.960 bits per heavy atom. The van der Waals surface area contributed by atoms with Gasteiger partial charge in [-0.3, -0.25) is 0 Å². The van der Waals surface area contributed by atoms with E-state index in [1.54, 1.807) is 0 Å². The highest BCUT2D eigenvalue weighted by Gasteiger charge is 2.59. The Balaban J connectivity index is 1.84. The first-order valence-electron chi connectivity index (χ1n) is 9.54. The zero-order valence-electron chi connectivity index (χ0n) is 15.4. The molecule has 0 saturated heterocycles. The van der Waals surface area contributed by atoms with Gasteiger partial charge in [0.1, 0.15) is 0 Å². The van der Waals surface area contributed by atoms with E-state index >= 15 is 0 Å². The van der Waals surface area contributed by atoms with Crippen molar-refractivity contribution in [2.45, 2.75) is 32.3 Å². The molecule has 0 aromatic heterocycles. The Kier molecular flexibility index (Phi) is 4.50. The molecule has 0 aliphatic heterocycles. The molecule has 0 spiro atoms. The second-order valence-electron chi connectivity index (χ2n) is 8.60. The lowest BCUT2D eigenvalue weighted by molar-refractivity contribution is -0.0944. The Labute approximate surface area is 155 Å². The van der Waals surface area contributed by atoms with Crippen molar-refractivity contribution in [2.24, 2.45) is 23.2 Å². The summed E-state index contributed by atoms with van der Waals surface area (Å²) in [5.74, 6) is 2.52. The average Bonchev–Trinajstić information content (AvgIpc) is 2.68. The van der Waals surface area contributed by atoms with Gasteiger partial charge in [0.05, 0.1) is 0 Å². The first-order valence-corrected chi connectivity index (χ1v) is 12.4. The number of rotatable bonds is 4. The SMILES string of the molecule is C=P(c1ccccc1)(c1ccccc1)[C@@H]1C[C@H]2C[C@@H]([C@@H]1CP)C2(C)C. The molecular formula is C23H30P2. The van der Waals surface area contributed by atoms with E-state index in [9.17, 15) is 0 Å². The summed E-state index contributed by atoms with van der Waals surface area (Å²) in [7, 11) is 3.07. The largest absolute Gasteiger partial charge is 0.137 e. The van der Waals surface area contributed by atoms with Crippen LogP contribution >= 0.6 is 16.1 Å². The first-order chi connectivity index (χ1) is 12.0. The van der Waals surface area contributed by atoms with Gasteiger partial charge in [-0.15, -0.1) is 9.24 Å². The van der Waals surface area contributed by atoms with Crippen LogP contribution in [0.15, 0.2) is 60.7 Å². The maximum absolute atomic E-state index is 5.04. The van der Waals surface area contributed by atoms with Gasteiger partial charge in [0.2, 0.25) is 0 Å². The summed E-state index contributed by atoms with van der Waals surface area (Å²) in [4.78, 5) is 0. The van der Waals surface area contributed by atoms with Crippen molar-refractivity contribution in [3.63, 3.8) is 0 Å². The van der Waals surface area contributed by atoms with Crippen molar-refractivity contribution >= 4 is 33.0 Å². The predicted molar refractivity (Wildman–Crippen MR) is 118 cm³/mol. The minimum Gasteiger partial charge on any atom is -0.137 e. The molecule has 25 heavy (non-hydrogen) atoms. The lowest BCUT2D eigenvalue weighted by atomic mass is 9.46. The van der Waals surface area contributed by atoms with Gasteiger partial charge in [-0.2, -0.15) is 0 Å². The highest BCUT2D eigenvalue weighted by molar-refractivity contribution is 7.87. The fraction of sp³-hybridized carbons (Fsp3) is 0.435. The number of hydrogen-bond donors (Lipinski definition) is 0. The summed E-state index contributed by atoms with van der Waals surface area (Å²) in [6.45, 7) is 3.36. The van der Waals surface area contributed by atoms with E-state index in [0.29, 0.717) is 11.1 Å². The molecule has 5 atom stereocenters. The average molecular weight is 368 g/mol. The molecule has 0 nitrogen and oxygen atoms in total.